The van der Waals surface area contributed by atoms with Crippen molar-refractivity contribution in [1.29, 1.82) is 0 Å². The molecule has 0 bridgehead atoms. The van der Waals surface area contributed by atoms with E-state index in [-0.39, 0.29) is 11.7 Å². The maximum atomic E-state index is 11.2. The Morgan fingerprint density at radius 3 is 3.06 bits per heavy atom. The van der Waals surface area contributed by atoms with Gasteiger partial charge in [0, 0.05) is 6.54 Å². The fraction of sp³-hybridized carbons (Fsp3) is 0.364. The van der Waals surface area contributed by atoms with Crippen molar-refractivity contribution in [2.75, 3.05) is 0 Å². The van der Waals surface area contributed by atoms with Crippen molar-refractivity contribution in [3.63, 3.8) is 0 Å². The van der Waals surface area contributed by atoms with Crippen LogP contribution in [0.3, 0.4) is 0 Å². The van der Waals surface area contributed by atoms with Crippen LogP contribution in [0, 0.1) is 17.0 Å². The summed E-state index contributed by atoms with van der Waals surface area (Å²) in [5.41, 5.74) is 8.02. The Kier molecular flexibility index (Phi) is 2.43. The summed E-state index contributed by atoms with van der Waals surface area (Å²) in [5, 5.41) is 11.2. The monoisotopic (exact) mass is 310 g/mol. The fourth-order valence-electron chi connectivity index (χ4n) is 2.45. The van der Waals surface area contributed by atoms with Crippen molar-refractivity contribution in [1.82, 2.24) is 9.55 Å². The van der Waals surface area contributed by atoms with Crippen LogP contribution >= 0.6 is 15.9 Å². The zero-order chi connectivity index (χ0) is 13.0. The summed E-state index contributed by atoms with van der Waals surface area (Å²) < 4.78 is 2.47. The van der Waals surface area contributed by atoms with Gasteiger partial charge in [0.25, 0.3) is 0 Å². The number of rotatable bonds is 1. The van der Waals surface area contributed by atoms with E-state index >= 15 is 0 Å². The van der Waals surface area contributed by atoms with Gasteiger partial charge in [-0.05, 0) is 40.9 Å². The zero-order valence-electron chi connectivity index (χ0n) is 9.68. The van der Waals surface area contributed by atoms with Crippen molar-refractivity contribution < 1.29 is 4.92 Å². The molecule has 18 heavy (non-hydrogen) atoms. The molecule has 0 amide bonds. The van der Waals surface area contributed by atoms with Crippen LogP contribution in [0.5, 0.6) is 0 Å². The Morgan fingerprint density at radius 1 is 1.67 bits per heavy atom. The maximum absolute atomic E-state index is 11.2. The average molecular weight is 311 g/mol. The first-order valence-electron chi connectivity index (χ1n) is 5.60. The zero-order valence-corrected chi connectivity index (χ0v) is 11.3. The minimum atomic E-state index is -0.395. The van der Waals surface area contributed by atoms with E-state index in [0.29, 0.717) is 9.99 Å². The topological polar surface area (TPSA) is 87.0 Å². The van der Waals surface area contributed by atoms with Gasteiger partial charge in [0.1, 0.15) is 10.3 Å². The predicted octanol–water partition coefficient (Wildman–Crippen LogP) is 2.42. The maximum Gasteiger partial charge on any atom is 0.311 e. The van der Waals surface area contributed by atoms with Gasteiger partial charge in [0.15, 0.2) is 5.52 Å². The Balaban J connectivity index is 2.43. The first-order valence-corrected chi connectivity index (χ1v) is 6.39. The van der Waals surface area contributed by atoms with Gasteiger partial charge in [0.2, 0.25) is 0 Å². The van der Waals surface area contributed by atoms with Crippen molar-refractivity contribution in [2.24, 2.45) is 5.73 Å². The third-order valence-corrected chi connectivity index (χ3v) is 4.35. The van der Waals surface area contributed by atoms with Crippen molar-refractivity contribution in [3.05, 3.63) is 32.0 Å². The summed E-state index contributed by atoms with van der Waals surface area (Å²) in [5.74, 6) is 0.741. The number of nitrogens with zero attached hydrogens (tertiary/aromatic N) is 3. The van der Waals surface area contributed by atoms with E-state index in [1.165, 1.54) is 0 Å². The molecule has 1 aromatic carbocycles. The number of nitro groups is 1. The lowest BCUT2D eigenvalue weighted by Gasteiger charge is -2.03. The molecular formula is C11H11BrN4O2. The third-order valence-electron chi connectivity index (χ3n) is 3.35. The highest BCUT2D eigenvalue weighted by Crippen LogP contribution is 2.38. The number of fused-ring (bicyclic) bond motifs is 3. The van der Waals surface area contributed by atoms with Crippen LogP contribution in [0.1, 0.15) is 23.9 Å². The van der Waals surface area contributed by atoms with E-state index in [4.69, 9.17) is 5.73 Å². The molecule has 0 saturated carbocycles. The van der Waals surface area contributed by atoms with E-state index in [0.717, 1.165) is 29.9 Å². The van der Waals surface area contributed by atoms with E-state index in [9.17, 15) is 10.1 Å². The Morgan fingerprint density at radius 2 is 2.39 bits per heavy atom. The van der Waals surface area contributed by atoms with Crippen molar-refractivity contribution >= 4 is 32.7 Å². The summed E-state index contributed by atoms with van der Waals surface area (Å²) in [6.45, 7) is 2.61. The number of nitrogens with two attached hydrogens (primary N) is 1. The van der Waals surface area contributed by atoms with Gasteiger partial charge in [-0.15, -0.1) is 0 Å². The number of aryl methyl sites for hydroxylation is 2. The summed E-state index contributed by atoms with van der Waals surface area (Å²) in [4.78, 5) is 15.2. The lowest BCUT2D eigenvalue weighted by molar-refractivity contribution is -0.384. The van der Waals surface area contributed by atoms with Crippen LogP contribution in [-0.4, -0.2) is 14.5 Å². The number of hydrogen-bond acceptors (Lipinski definition) is 4. The molecule has 3 rings (SSSR count). The summed E-state index contributed by atoms with van der Waals surface area (Å²) in [6.07, 6.45) is 0.835. The molecule has 94 valence electrons. The van der Waals surface area contributed by atoms with Gasteiger partial charge in [-0.3, -0.25) is 10.1 Å². The smallest absolute Gasteiger partial charge is 0.311 e. The second kappa shape index (κ2) is 3.76. The number of nitro benzene ring substituents is 1. The molecule has 1 aromatic heterocycles. The molecule has 0 aliphatic carbocycles. The number of aromatic nitrogens is 2. The van der Waals surface area contributed by atoms with E-state index in [1.54, 1.807) is 0 Å². The molecule has 1 atom stereocenters. The van der Waals surface area contributed by atoms with Gasteiger partial charge in [-0.2, -0.15) is 0 Å². The second-order valence-electron chi connectivity index (χ2n) is 4.50. The van der Waals surface area contributed by atoms with Crippen LogP contribution in [0.25, 0.3) is 11.0 Å². The first-order chi connectivity index (χ1) is 8.50. The van der Waals surface area contributed by atoms with Gasteiger partial charge in [-0.1, -0.05) is 0 Å². The normalized spacial score (nSPS) is 18.3. The van der Waals surface area contributed by atoms with Crippen LogP contribution < -0.4 is 5.73 Å². The number of benzene rings is 1. The quantitative estimate of drug-likeness (QED) is 0.647. The average Bonchev–Trinajstić information content (AvgIpc) is 2.81. The molecule has 0 fully saturated rings. The molecule has 0 radical (unpaired) electrons. The van der Waals surface area contributed by atoms with Crippen molar-refractivity contribution in [3.8, 4) is 0 Å². The summed E-state index contributed by atoms with van der Waals surface area (Å²) in [7, 11) is 0. The number of hydrogen-bond donors (Lipinski definition) is 1. The second-order valence-corrected chi connectivity index (χ2v) is 5.29. The van der Waals surface area contributed by atoms with Crippen molar-refractivity contribution in [2.45, 2.75) is 25.9 Å². The summed E-state index contributed by atoms with van der Waals surface area (Å²) >= 11 is 3.27. The third kappa shape index (κ3) is 1.40. The minimum absolute atomic E-state index is 0.0269. The molecule has 0 unspecified atom stereocenters. The lowest BCUT2D eigenvalue weighted by atomic mass is 10.2. The van der Waals surface area contributed by atoms with E-state index < -0.39 is 4.92 Å². The largest absolute Gasteiger partial charge is 0.326 e. The summed E-state index contributed by atoms with van der Waals surface area (Å²) in [6, 6.07) is 1.79. The molecule has 6 nitrogen and oxygen atoms in total. The van der Waals surface area contributed by atoms with Crippen LogP contribution in [0.4, 0.5) is 5.69 Å². The predicted molar refractivity (Wildman–Crippen MR) is 70.4 cm³/mol. The van der Waals surface area contributed by atoms with Gasteiger partial charge in [0.05, 0.1) is 16.5 Å². The number of imidazole rings is 1. The highest BCUT2D eigenvalue weighted by atomic mass is 79.9. The Bertz CT molecular complexity index is 679. The van der Waals surface area contributed by atoms with Crippen LogP contribution in [0.15, 0.2) is 10.5 Å². The Labute approximate surface area is 111 Å². The van der Waals surface area contributed by atoms with E-state index in [1.807, 2.05) is 17.6 Å². The standard InChI is InChI=1S/C11H11BrN4O2/c1-5-4-7-9(10(8(5)12)16(17)18)14-11-6(13)2-3-15(7)11/h4,6H,2-3,13H2,1H3/t6-/m0/s1. The SMILES string of the molecule is Cc1cc2c(nc3n2CC[C@@H]3N)c([N+](=O)[O-])c1Br. The van der Waals surface area contributed by atoms with Crippen LogP contribution in [0.2, 0.25) is 0 Å². The fourth-order valence-corrected chi connectivity index (χ4v) is 2.89. The molecule has 2 heterocycles. The first kappa shape index (κ1) is 11.6. The molecule has 7 heteroatoms. The highest BCUT2D eigenvalue weighted by molar-refractivity contribution is 9.10. The minimum Gasteiger partial charge on any atom is -0.326 e. The molecule has 2 N–H and O–H groups in total. The lowest BCUT2D eigenvalue weighted by Crippen LogP contribution is -2.06. The van der Waals surface area contributed by atoms with Crippen LogP contribution in [-0.2, 0) is 6.54 Å². The highest BCUT2D eigenvalue weighted by Gasteiger charge is 2.29. The molecule has 1 aliphatic heterocycles. The van der Waals surface area contributed by atoms with Gasteiger partial charge >= 0.3 is 5.69 Å². The Hall–Kier alpha value is -1.47. The number of halogens is 1. The van der Waals surface area contributed by atoms with Gasteiger partial charge < -0.3 is 10.3 Å². The molecule has 1 aliphatic rings. The molecule has 2 aromatic rings. The molecular weight excluding hydrogens is 300 g/mol. The molecule has 0 spiro atoms. The van der Waals surface area contributed by atoms with Gasteiger partial charge in [-0.25, -0.2) is 4.98 Å². The molecule has 0 saturated heterocycles. The van der Waals surface area contributed by atoms with E-state index in [2.05, 4.69) is 20.9 Å².